The number of amides is 1. The van der Waals surface area contributed by atoms with Crippen LogP contribution in [0.2, 0.25) is 0 Å². The van der Waals surface area contributed by atoms with Crippen LogP contribution < -0.4 is 10.1 Å². The number of anilines is 1. The average Bonchev–Trinajstić information content (AvgIpc) is 3.10. The van der Waals surface area contributed by atoms with Crippen LogP contribution in [0, 0.1) is 5.82 Å². The molecule has 0 saturated heterocycles. The van der Waals surface area contributed by atoms with Crippen LogP contribution in [-0.2, 0) is 4.79 Å². The van der Waals surface area contributed by atoms with E-state index in [4.69, 9.17) is 9.15 Å². The molecule has 0 aliphatic carbocycles. The maximum atomic E-state index is 13.7. The van der Waals surface area contributed by atoms with Crippen LogP contribution in [0.25, 0.3) is 11.5 Å². The zero-order chi connectivity index (χ0) is 17.6. The Bertz CT molecular complexity index is 868. The molecule has 0 radical (unpaired) electrons. The Balaban J connectivity index is 1.56. The van der Waals surface area contributed by atoms with E-state index in [1.165, 1.54) is 6.07 Å². The van der Waals surface area contributed by atoms with E-state index in [9.17, 15) is 9.18 Å². The topological polar surface area (TPSA) is 77.2 Å². The zero-order valence-electron chi connectivity index (χ0n) is 13.2. The summed E-state index contributed by atoms with van der Waals surface area (Å²) in [5.74, 6) is 0.209. The molecular weight excluding hydrogens is 345 g/mol. The second-order valence-corrected chi connectivity index (χ2v) is 5.84. The van der Waals surface area contributed by atoms with Gasteiger partial charge in [-0.15, -0.1) is 10.2 Å². The Morgan fingerprint density at radius 2 is 1.96 bits per heavy atom. The number of carbonyl (C=O) groups is 1. The van der Waals surface area contributed by atoms with Crippen LogP contribution >= 0.6 is 11.8 Å². The summed E-state index contributed by atoms with van der Waals surface area (Å²) in [6.07, 6.45) is 0. The number of hydrogen-bond acceptors (Lipinski definition) is 6. The van der Waals surface area contributed by atoms with Crippen LogP contribution in [0.3, 0.4) is 0 Å². The summed E-state index contributed by atoms with van der Waals surface area (Å²) >= 11 is 1.08. The number of thioether (sulfide) groups is 1. The molecular formula is C17H14FN3O3S. The van der Waals surface area contributed by atoms with Crippen LogP contribution in [0.5, 0.6) is 5.75 Å². The summed E-state index contributed by atoms with van der Waals surface area (Å²) in [6, 6.07) is 13.1. The number of nitrogens with zero attached hydrogens (tertiary/aromatic N) is 2. The molecule has 6 nitrogen and oxygen atoms in total. The van der Waals surface area contributed by atoms with E-state index in [-0.39, 0.29) is 28.3 Å². The standard InChI is InChI=1S/C17H14FN3O3S/c1-23-12-8-6-11(7-9-12)19-15(22)10-25-17-21-20-16(24-17)13-4-2-3-5-14(13)18/h2-9H,10H2,1H3,(H,19,22). The molecule has 25 heavy (non-hydrogen) atoms. The lowest BCUT2D eigenvalue weighted by molar-refractivity contribution is -0.113. The first-order chi connectivity index (χ1) is 12.2. The van der Waals surface area contributed by atoms with Crippen molar-refractivity contribution in [2.75, 3.05) is 18.2 Å². The van der Waals surface area contributed by atoms with Gasteiger partial charge >= 0.3 is 0 Å². The van der Waals surface area contributed by atoms with Crippen molar-refractivity contribution >= 4 is 23.4 Å². The van der Waals surface area contributed by atoms with Gasteiger partial charge in [-0.3, -0.25) is 4.79 Å². The fourth-order valence-electron chi connectivity index (χ4n) is 2.01. The first-order valence-corrected chi connectivity index (χ1v) is 8.29. The number of methoxy groups -OCH3 is 1. The fraction of sp³-hybridized carbons (Fsp3) is 0.118. The molecule has 8 heteroatoms. The Labute approximate surface area is 147 Å². The number of aromatic nitrogens is 2. The number of rotatable bonds is 6. The van der Waals surface area contributed by atoms with Crippen molar-refractivity contribution in [2.45, 2.75) is 5.22 Å². The van der Waals surface area contributed by atoms with E-state index in [0.717, 1.165) is 11.8 Å². The average molecular weight is 359 g/mol. The van der Waals surface area contributed by atoms with Crippen molar-refractivity contribution in [3.63, 3.8) is 0 Å². The highest BCUT2D eigenvalue weighted by Crippen LogP contribution is 2.25. The van der Waals surface area contributed by atoms with Crippen molar-refractivity contribution in [3.05, 3.63) is 54.3 Å². The third-order valence-corrected chi connectivity index (χ3v) is 4.03. The zero-order valence-corrected chi connectivity index (χ0v) is 14.0. The number of benzene rings is 2. The van der Waals surface area contributed by atoms with Gasteiger partial charge in [-0.25, -0.2) is 4.39 Å². The first-order valence-electron chi connectivity index (χ1n) is 7.31. The van der Waals surface area contributed by atoms with Crippen LogP contribution in [0.15, 0.2) is 58.2 Å². The molecule has 1 amide bonds. The summed E-state index contributed by atoms with van der Waals surface area (Å²) in [5, 5.41) is 10.6. The van der Waals surface area contributed by atoms with Gasteiger partial charge in [0.2, 0.25) is 5.91 Å². The molecule has 1 heterocycles. The smallest absolute Gasteiger partial charge is 0.277 e. The van der Waals surface area contributed by atoms with Gasteiger partial charge in [0.15, 0.2) is 0 Å². The molecule has 0 bridgehead atoms. The Morgan fingerprint density at radius 3 is 2.68 bits per heavy atom. The number of ether oxygens (including phenoxy) is 1. The lowest BCUT2D eigenvalue weighted by atomic mass is 10.2. The third kappa shape index (κ3) is 4.36. The second-order valence-electron chi connectivity index (χ2n) is 4.92. The van der Waals surface area contributed by atoms with E-state index in [2.05, 4.69) is 15.5 Å². The molecule has 0 fully saturated rings. The van der Waals surface area contributed by atoms with Crippen molar-refractivity contribution in [2.24, 2.45) is 0 Å². The van der Waals surface area contributed by atoms with Gasteiger partial charge in [0.05, 0.1) is 18.4 Å². The van der Waals surface area contributed by atoms with Crippen molar-refractivity contribution in [1.82, 2.24) is 10.2 Å². The largest absolute Gasteiger partial charge is 0.497 e. The molecule has 1 aromatic heterocycles. The van der Waals surface area contributed by atoms with E-state index >= 15 is 0 Å². The molecule has 3 aromatic rings. The molecule has 2 aromatic carbocycles. The predicted octanol–water partition coefficient (Wildman–Crippen LogP) is 3.62. The minimum absolute atomic E-state index is 0.0798. The molecule has 1 N–H and O–H groups in total. The Hall–Kier alpha value is -2.87. The van der Waals surface area contributed by atoms with Gasteiger partial charge < -0.3 is 14.5 Å². The first kappa shape index (κ1) is 17.0. The van der Waals surface area contributed by atoms with E-state index in [1.807, 2.05) is 0 Å². The quantitative estimate of drug-likeness (QED) is 0.678. The van der Waals surface area contributed by atoms with Gasteiger partial charge in [0, 0.05) is 5.69 Å². The minimum Gasteiger partial charge on any atom is -0.497 e. The van der Waals surface area contributed by atoms with Gasteiger partial charge in [-0.2, -0.15) is 0 Å². The summed E-state index contributed by atoms with van der Waals surface area (Å²) in [5.41, 5.74) is 0.883. The number of halogens is 1. The van der Waals surface area contributed by atoms with Crippen molar-refractivity contribution < 1.29 is 18.3 Å². The second kappa shape index (κ2) is 7.80. The summed E-state index contributed by atoms with van der Waals surface area (Å²) in [4.78, 5) is 12.0. The van der Waals surface area contributed by atoms with Gasteiger partial charge in [-0.1, -0.05) is 23.9 Å². The van der Waals surface area contributed by atoms with Gasteiger partial charge in [0.25, 0.3) is 11.1 Å². The SMILES string of the molecule is COc1ccc(NC(=O)CSc2nnc(-c3ccccc3F)o2)cc1. The van der Waals surface area contributed by atoms with E-state index in [0.29, 0.717) is 11.4 Å². The lowest BCUT2D eigenvalue weighted by Gasteiger charge is -2.05. The number of hydrogen-bond donors (Lipinski definition) is 1. The molecule has 0 unspecified atom stereocenters. The van der Waals surface area contributed by atoms with Crippen LogP contribution in [-0.4, -0.2) is 29.0 Å². The monoisotopic (exact) mass is 359 g/mol. The summed E-state index contributed by atoms with van der Waals surface area (Å²) in [7, 11) is 1.57. The highest BCUT2D eigenvalue weighted by Gasteiger charge is 2.14. The molecule has 0 atom stereocenters. The van der Waals surface area contributed by atoms with E-state index < -0.39 is 5.82 Å². The Morgan fingerprint density at radius 1 is 1.20 bits per heavy atom. The Kier molecular flexibility index (Phi) is 5.30. The summed E-state index contributed by atoms with van der Waals surface area (Å²) < 4.78 is 24.1. The molecule has 0 aliphatic heterocycles. The van der Waals surface area contributed by atoms with Gasteiger partial charge in [0.1, 0.15) is 11.6 Å². The molecule has 128 valence electrons. The summed E-state index contributed by atoms with van der Waals surface area (Å²) in [6.45, 7) is 0. The molecule has 0 saturated carbocycles. The van der Waals surface area contributed by atoms with Crippen LogP contribution in [0.1, 0.15) is 0 Å². The molecule has 0 spiro atoms. The number of nitrogens with one attached hydrogen (secondary N) is 1. The molecule has 3 rings (SSSR count). The normalized spacial score (nSPS) is 10.5. The predicted molar refractivity (Wildman–Crippen MR) is 92.0 cm³/mol. The minimum atomic E-state index is -0.444. The maximum Gasteiger partial charge on any atom is 0.277 e. The van der Waals surface area contributed by atoms with Crippen molar-refractivity contribution in [1.29, 1.82) is 0 Å². The van der Waals surface area contributed by atoms with Crippen molar-refractivity contribution in [3.8, 4) is 17.2 Å². The fourth-order valence-corrected chi connectivity index (χ4v) is 2.57. The molecule has 0 aliphatic rings. The van der Waals surface area contributed by atoms with E-state index in [1.54, 1.807) is 49.6 Å². The number of carbonyl (C=O) groups excluding carboxylic acids is 1. The highest BCUT2D eigenvalue weighted by atomic mass is 32.2. The lowest BCUT2D eigenvalue weighted by Crippen LogP contribution is -2.13. The van der Waals surface area contributed by atoms with Gasteiger partial charge in [-0.05, 0) is 36.4 Å². The van der Waals surface area contributed by atoms with Crippen LogP contribution in [0.4, 0.5) is 10.1 Å². The highest BCUT2D eigenvalue weighted by molar-refractivity contribution is 7.99. The maximum absolute atomic E-state index is 13.7. The third-order valence-electron chi connectivity index (χ3n) is 3.21.